The molecule has 12 heavy (non-hydrogen) atoms. The fraction of sp³-hybridized carbons (Fsp3) is 0.500. The first kappa shape index (κ1) is 9.99. The number of hydrogen-bond donors (Lipinski definition) is 2. The molecule has 0 fully saturated rings. The van der Waals surface area contributed by atoms with Crippen molar-refractivity contribution in [1.29, 1.82) is 0 Å². The number of thiophene rings is 1. The number of nitrogens with two attached hydrogens (primary N) is 1. The van der Waals surface area contributed by atoms with E-state index in [4.69, 9.17) is 17.3 Å². The molecule has 0 radical (unpaired) electrons. The van der Waals surface area contributed by atoms with Crippen molar-refractivity contribution in [1.82, 2.24) is 0 Å². The maximum Gasteiger partial charge on any atom is 0.0932 e. The van der Waals surface area contributed by atoms with Gasteiger partial charge in [-0.2, -0.15) is 0 Å². The van der Waals surface area contributed by atoms with Gasteiger partial charge in [-0.1, -0.05) is 18.5 Å². The van der Waals surface area contributed by atoms with E-state index in [9.17, 15) is 5.11 Å². The highest BCUT2D eigenvalue weighted by molar-refractivity contribution is 7.16. The summed E-state index contributed by atoms with van der Waals surface area (Å²) in [7, 11) is 0. The van der Waals surface area contributed by atoms with Gasteiger partial charge in [-0.15, -0.1) is 11.3 Å². The quantitative estimate of drug-likeness (QED) is 0.794. The van der Waals surface area contributed by atoms with Gasteiger partial charge in [-0.05, 0) is 24.6 Å². The topological polar surface area (TPSA) is 46.2 Å². The summed E-state index contributed by atoms with van der Waals surface area (Å²) in [6.07, 6.45) is -0.479. The molecular formula is C8H12ClNOS. The van der Waals surface area contributed by atoms with Crippen LogP contribution in [0.2, 0.25) is 4.34 Å². The van der Waals surface area contributed by atoms with E-state index < -0.39 is 6.10 Å². The van der Waals surface area contributed by atoms with Crippen molar-refractivity contribution in [3.05, 3.63) is 21.3 Å². The summed E-state index contributed by atoms with van der Waals surface area (Å²) in [6, 6.07) is 3.62. The summed E-state index contributed by atoms with van der Waals surface area (Å²) in [5.41, 5.74) is 5.43. The Kier molecular flexibility index (Phi) is 3.53. The Labute approximate surface area is 81.0 Å². The molecule has 0 bridgehead atoms. The average Bonchev–Trinajstić information content (AvgIpc) is 2.49. The van der Waals surface area contributed by atoms with Gasteiger partial charge in [0.15, 0.2) is 0 Å². The number of halogens is 1. The van der Waals surface area contributed by atoms with Crippen LogP contribution in [-0.4, -0.2) is 11.7 Å². The van der Waals surface area contributed by atoms with Crippen molar-refractivity contribution in [3.8, 4) is 0 Å². The van der Waals surface area contributed by atoms with Crippen molar-refractivity contribution >= 4 is 22.9 Å². The first-order valence-electron chi connectivity index (χ1n) is 3.78. The summed E-state index contributed by atoms with van der Waals surface area (Å²) in [6.45, 7) is 2.40. The van der Waals surface area contributed by atoms with Gasteiger partial charge in [-0.3, -0.25) is 0 Å². The molecule has 68 valence electrons. The molecule has 4 heteroatoms. The minimum atomic E-state index is -0.479. The van der Waals surface area contributed by atoms with Gasteiger partial charge in [0.25, 0.3) is 0 Å². The summed E-state index contributed by atoms with van der Waals surface area (Å²) in [5.74, 6) is 0.0831. The maximum absolute atomic E-state index is 9.67. The molecule has 1 heterocycles. The van der Waals surface area contributed by atoms with E-state index in [0.29, 0.717) is 10.9 Å². The fourth-order valence-electron chi connectivity index (χ4n) is 0.897. The Hall–Kier alpha value is -0.0900. The first-order chi connectivity index (χ1) is 5.65. The zero-order chi connectivity index (χ0) is 9.14. The normalized spacial score (nSPS) is 16.0. The van der Waals surface area contributed by atoms with Crippen LogP contribution in [0.3, 0.4) is 0 Å². The highest BCUT2D eigenvalue weighted by Gasteiger charge is 2.16. The molecule has 0 aliphatic carbocycles. The molecule has 0 saturated carbocycles. The maximum atomic E-state index is 9.67. The zero-order valence-electron chi connectivity index (χ0n) is 6.83. The Morgan fingerprint density at radius 3 is 2.75 bits per heavy atom. The van der Waals surface area contributed by atoms with Crippen LogP contribution in [0.4, 0.5) is 0 Å². The molecule has 1 aromatic rings. The second-order valence-electron chi connectivity index (χ2n) is 2.80. The molecule has 2 atom stereocenters. The van der Waals surface area contributed by atoms with Crippen LogP contribution in [0.5, 0.6) is 0 Å². The summed E-state index contributed by atoms with van der Waals surface area (Å²) >= 11 is 7.13. The van der Waals surface area contributed by atoms with Crippen molar-refractivity contribution in [2.75, 3.05) is 6.54 Å². The minimum Gasteiger partial charge on any atom is -0.387 e. The van der Waals surface area contributed by atoms with Crippen molar-refractivity contribution in [2.45, 2.75) is 13.0 Å². The molecule has 2 unspecified atom stereocenters. The lowest BCUT2D eigenvalue weighted by Crippen LogP contribution is -2.17. The third kappa shape index (κ3) is 2.20. The molecule has 3 N–H and O–H groups in total. The molecule has 0 amide bonds. The van der Waals surface area contributed by atoms with Crippen molar-refractivity contribution in [3.63, 3.8) is 0 Å². The van der Waals surface area contributed by atoms with E-state index in [1.807, 2.05) is 13.0 Å². The van der Waals surface area contributed by atoms with Crippen LogP contribution in [-0.2, 0) is 0 Å². The van der Waals surface area contributed by atoms with Gasteiger partial charge < -0.3 is 10.8 Å². The van der Waals surface area contributed by atoms with E-state index in [1.54, 1.807) is 6.07 Å². The van der Waals surface area contributed by atoms with E-state index in [-0.39, 0.29) is 5.92 Å². The standard InChI is InChI=1S/C8H12ClNOS/c1-5(4-10)8(11)6-2-3-7(9)12-6/h2-3,5,8,11H,4,10H2,1H3. The number of hydrogen-bond acceptors (Lipinski definition) is 3. The Bertz CT molecular complexity index is 251. The zero-order valence-corrected chi connectivity index (χ0v) is 8.40. The van der Waals surface area contributed by atoms with Gasteiger partial charge >= 0.3 is 0 Å². The highest BCUT2D eigenvalue weighted by Crippen LogP contribution is 2.30. The molecular weight excluding hydrogens is 194 g/mol. The molecule has 0 aliphatic rings. The molecule has 1 aromatic heterocycles. The van der Waals surface area contributed by atoms with Crippen LogP contribution >= 0.6 is 22.9 Å². The number of aliphatic hydroxyl groups is 1. The SMILES string of the molecule is CC(CN)C(O)c1ccc(Cl)s1. The van der Waals surface area contributed by atoms with E-state index >= 15 is 0 Å². The van der Waals surface area contributed by atoms with Crippen LogP contribution < -0.4 is 5.73 Å². The van der Waals surface area contributed by atoms with Gasteiger partial charge in [0.05, 0.1) is 10.4 Å². The van der Waals surface area contributed by atoms with E-state index in [0.717, 1.165) is 4.88 Å². The predicted molar refractivity (Wildman–Crippen MR) is 52.5 cm³/mol. The molecule has 2 nitrogen and oxygen atoms in total. The van der Waals surface area contributed by atoms with Crippen LogP contribution in [0, 0.1) is 5.92 Å². The van der Waals surface area contributed by atoms with Crippen molar-refractivity contribution in [2.24, 2.45) is 11.7 Å². The Morgan fingerprint density at radius 2 is 2.33 bits per heavy atom. The molecule has 0 saturated heterocycles. The van der Waals surface area contributed by atoms with Crippen LogP contribution in [0.25, 0.3) is 0 Å². The van der Waals surface area contributed by atoms with Gasteiger partial charge in [0.1, 0.15) is 0 Å². The second kappa shape index (κ2) is 4.23. The van der Waals surface area contributed by atoms with Crippen molar-refractivity contribution < 1.29 is 5.11 Å². The van der Waals surface area contributed by atoms with Crippen LogP contribution in [0.15, 0.2) is 12.1 Å². The van der Waals surface area contributed by atoms with Gasteiger partial charge in [0.2, 0.25) is 0 Å². The van der Waals surface area contributed by atoms with E-state index in [1.165, 1.54) is 11.3 Å². The third-order valence-corrected chi connectivity index (χ3v) is 3.10. The second-order valence-corrected chi connectivity index (χ2v) is 4.55. The fourth-order valence-corrected chi connectivity index (χ4v) is 2.08. The molecule has 1 rings (SSSR count). The molecule has 0 spiro atoms. The summed E-state index contributed by atoms with van der Waals surface area (Å²) in [5, 5.41) is 9.67. The summed E-state index contributed by atoms with van der Waals surface area (Å²) in [4.78, 5) is 0.887. The molecule has 0 aromatic carbocycles. The lowest BCUT2D eigenvalue weighted by Gasteiger charge is -2.14. The van der Waals surface area contributed by atoms with E-state index in [2.05, 4.69) is 0 Å². The lowest BCUT2D eigenvalue weighted by molar-refractivity contribution is 0.125. The van der Waals surface area contributed by atoms with Gasteiger partial charge in [0, 0.05) is 4.88 Å². The predicted octanol–water partition coefficient (Wildman–Crippen LogP) is 2.03. The monoisotopic (exact) mass is 205 g/mol. The average molecular weight is 206 g/mol. The van der Waals surface area contributed by atoms with Crippen LogP contribution in [0.1, 0.15) is 17.9 Å². The Morgan fingerprint density at radius 1 is 1.67 bits per heavy atom. The number of rotatable bonds is 3. The molecule has 0 aliphatic heterocycles. The first-order valence-corrected chi connectivity index (χ1v) is 4.98. The third-order valence-electron chi connectivity index (χ3n) is 1.80. The summed E-state index contributed by atoms with van der Waals surface area (Å²) < 4.78 is 0.702. The number of aliphatic hydroxyl groups excluding tert-OH is 1. The smallest absolute Gasteiger partial charge is 0.0932 e. The van der Waals surface area contributed by atoms with Gasteiger partial charge in [-0.25, -0.2) is 0 Å². The highest BCUT2D eigenvalue weighted by atomic mass is 35.5. The lowest BCUT2D eigenvalue weighted by atomic mass is 10.0. The Balaban J connectivity index is 2.70. The largest absolute Gasteiger partial charge is 0.387 e. The minimum absolute atomic E-state index is 0.0831.